The van der Waals surface area contributed by atoms with Gasteiger partial charge in [-0.3, -0.25) is 29.1 Å². The zero-order valence-corrected chi connectivity index (χ0v) is 57.4. The van der Waals surface area contributed by atoms with Crippen LogP contribution in [0.25, 0.3) is 72.5 Å². The van der Waals surface area contributed by atoms with Crippen LogP contribution < -0.4 is 0 Å². The average Bonchev–Trinajstić information content (AvgIpc) is 1.61. The zero-order valence-electron chi connectivity index (χ0n) is 57.4. The Hall–Kier alpha value is -9.72. The molecule has 6 aromatic rings. The summed E-state index contributed by atoms with van der Waals surface area (Å²) in [6.07, 6.45) is 7.87. The summed E-state index contributed by atoms with van der Waals surface area (Å²) in [5, 5.41) is 0. The standard InChI is InChI=1S/C75H86N8O12/c1-17-42-36(5)52-30-54-38(7)46(24-26-64(84)90-11)70(80-54)50(28-66(86)92-13)72-68(74(88)94-15)40(9)56(82-72)32-60-44(19-3)48(62(78-60)34-58(42)76-52)22-21-23-49-45(20-4)61-33-57-41(10)69(75(89)95-16)73(83-57)51(29-67(87)93-14)71-47(25-27-65(85)91-12)39(8)55(81-71)31-53-37(6)43(18-2)59(77-53)35-63(49)79-61/h21-22,30-35,38-39,46-47,76-79H,17-20,23-29H2,1-16H3/b22-21+,52-30?,53-31?,54-30?,55-31?,56-32?,57-33?,58-34?,59-35?,60-32?,61-33?,62-34?,63-35?,70-50?,71-51?,72-50?,73-51?/t38-,39-,46-,47-/m0/s1. The van der Waals surface area contributed by atoms with Crippen LogP contribution >= 0.6 is 0 Å². The Labute approximate surface area is 552 Å². The molecule has 4 aliphatic heterocycles. The fourth-order valence-corrected chi connectivity index (χ4v) is 14.4. The van der Waals surface area contributed by atoms with E-state index in [2.05, 4.69) is 99.6 Å². The summed E-state index contributed by atoms with van der Waals surface area (Å²) in [6.45, 7) is 20.5. The first kappa shape index (κ1) is 68.1. The molecule has 0 saturated heterocycles. The highest BCUT2D eigenvalue weighted by Gasteiger charge is 2.39. The lowest BCUT2D eigenvalue weighted by Crippen LogP contribution is -2.15. The second kappa shape index (κ2) is 28.5. The maximum atomic E-state index is 14.2. The van der Waals surface area contributed by atoms with Gasteiger partial charge in [0.25, 0.3) is 0 Å². The summed E-state index contributed by atoms with van der Waals surface area (Å²) < 4.78 is 31.7. The Morgan fingerprint density at radius 2 is 0.811 bits per heavy atom. The van der Waals surface area contributed by atoms with Crippen molar-refractivity contribution in [2.45, 2.75) is 164 Å². The molecule has 4 atom stereocenters. The molecule has 10 rings (SSSR count). The van der Waals surface area contributed by atoms with E-state index in [4.69, 9.17) is 48.4 Å². The topological polar surface area (TPSA) is 273 Å². The molecule has 0 aromatic carbocycles. The fourth-order valence-electron chi connectivity index (χ4n) is 14.4. The molecule has 0 saturated carbocycles. The lowest BCUT2D eigenvalue weighted by molar-refractivity contribution is -0.141. The molecule has 0 aliphatic carbocycles. The molecule has 20 nitrogen and oxygen atoms in total. The number of hydrogen-bond donors (Lipinski definition) is 4. The van der Waals surface area contributed by atoms with Crippen molar-refractivity contribution in [3.05, 3.63) is 144 Å². The second-order valence-electron chi connectivity index (χ2n) is 24.8. The van der Waals surface area contributed by atoms with E-state index in [0.717, 1.165) is 113 Å². The number of ether oxygens (including phenoxy) is 6. The highest BCUT2D eigenvalue weighted by molar-refractivity contribution is 6.26. The van der Waals surface area contributed by atoms with E-state index in [1.54, 1.807) is 0 Å². The number of rotatable bonds is 19. The van der Waals surface area contributed by atoms with E-state index in [1.807, 2.05) is 38.1 Å². The summed E-state index contributed by atoms with van der Waals surface area (Å²) in [5.74, 6) is -4.33. The predicted molar refractivity (Wildman–Crippen MR) is 367 cm³/mol. The third-order valence-corrected chi connectivity index (χ3v) is 19.8. The van der Waals surface area contributed by atoms with Crippen LogP contribution in [-0.4, -0.2) is 118 Å². The maximum absolute atomic E-state index is 14.2. The van der Waals surface area contributed by atoms with Gasteiger partial charge in [0.05, 0.1) is 101 Å². The quantitative estimate of drug-likeness (QED) is 0.0433. The number of nitrogens with one attached hydrogen (secondary N) is 4. The van der Waals surface area contributed by atoms with Gasteiger partial charge in [0.15, 0.2) is 0 Å². The Kier molecular flexibility index (Phi) is 20.4. The fraction of sp³-hybridized carbons (Fsp3) is 0.413. The number of aryl methyl sites for hydroxylation is 6. The number of aromatic nitrogens is 8. The molecule has 4 N–H and O–H groups in total. The molecule has 6 aromatic heterocycles. The molecule has 0 fully saturated rings. The van der Waals surface area contributed by atoms with Gasteiger partial charge in [-0.25, -0.2) is 19.6 Å². The number of fused-ring (bicyclic) bond motifs is 16. The molecule has 0 amide bonds. The lowest BCUT2D eigenvalue weighted by Gasteiger charge is -2.18. The van der Waals surface area contributed by atoms with Crippen molar-refractivity contribution in [1.29, 1.82) is 0 Å². The SMILES string of the molecule is CCc1c(C)c2cc3nc(c(CC(=O)OC)c4nc(cc5[nH]c(cc1[nH]2)c(/C=C/Cc1c(CC)c2cc6nc(c(CC(=O)OC)c7nc(cc8[nH]c(cc1[nH]2)c(CC)c8C)[C@@H](C)[C@@H]7CCC(=O)OC)C(C(=O)OC)=C6C)c5CC)C(C)=C4C(=O)OC)[C@@H](CCC(=O)OC)[C@@H]3C. The highest BCUT2D eigenvalue weighted by atomic mass is 16.5. The van der Waals surface area contributed by atoms with Crippen LogP contribution in [0.3, 0.4) is 0 Å². The molecular weight excluding hydrogens is 1200 g/mol. The van der Waals surface area contributed by atoms with Crippen LogP contribution in [0.2, 0.25) is 0 Å². The Morgan fingerprint density at radius 1 is 0.432 bits per heavy atom. The molecule has 0 radical (unpaired) electrons. The van der Waals surface area contributed by atoms with Crippen molar-refractivity contribution < 1.29 is 57.2 Å². The van der Waals surface area contributed by atoms with Crippen LogP contribution in [-0.2, 0) is 102 Å². The van der Waals surface area contributed by atoms with Gasteiger partial charge in [-0.05, 0) is 159 Å². The number of carbonyl (C=O) groups is 6. The Bertz CT molecular complexity index is 4610. The van der Waals surface area contributed by atoms with E-state index >= 15 is 0 Å². The van der Waals surface area contributed by atoms with Crippen molar-refractivity contribution in [3.63, 3.8) is 0 Å². The van der Waals surface area contributed by atoms with Crippen LogP contribution in [0, 0.1) is 13.8 Å². The summed E-state index contributed by atoms with van der Waals surface area (Å²) in [7, 11) is 7.98. The van der Waals surface area contributed by atoms with Gasteiger partial charge in [-0.15, -0.1) is 0 Å². The number of nitrogens with zero attached hydrogens (tertiary/aromatic N) is 4. The third kappa shape index (κ3) is 12.9. The van der Waals surface area contributed by atoms with Crippen molar-refractivity contribution >= 4 is 108 Å². The van der Waals surface area contributed by atoms with Crippen LogP contribution in [0.15, 0.2) is 42.5 Å². The van der Waals surface area contributed by atoms with Crippen molar-refractivity contribution in [2.24, 2.45) is 0 Å². The number of allylic oxidation sites excluding steroid dienone is 3. The monoisotopic (exact) mass is 1290 g/mol. The van der Waals surface area contributed by atoms with Gasteiger partial charge >= 0.3 is 35.8 Å². The van der Waals surface area contributed by atoms with Gasteiger partial charge in [0.2, 0.25) is 0 Å². The molecule has 498 valence electrons. The number of methoxy groups -OCH3 is 6. The molecular formula is C75H86N8O12. The molecule has 16 bridgehead atoms. The lowest BCUT2D eigenvalue weighted by atomic mass is 9.84. The minimum atomic E-state index is -0.632. The number of carbonyl (C=O) groups excluding carboxylic acids is 6. The Balaban J connectivity index is 1.25. The summed E-state index contributed by atoms with van der Waals surface area (Å²) in [4.78, 5) is 117. The smallest absolute Gasteiger partial charge is 0.340 e. The van der Waals surface area contributed by atoms with Gasteiger partial charge in [0, 0.05) is 109 Å². The molecule has 20 heteroatoms. The van der Waals surface area contributed by atoms with E-state index in [-0.39, 0.29) is 83.8 Å². The largest absolute Gasteiger partial charge is 0.469 e. The number of esters is 6. The predicted octanol–water partition coefficient (Wildman–Crippen LogP) is 13.4. The van der Waals surface area contributed by atoms with Gasteiger partial charge in [-0.2, -0.15) is 0 Å². The van der Waals surface area contributed by atoms with Gasteiger partial charge in [0.1, 0.15) is 0 Å². The van der Waals surface area contributed by atoms with Crippen LogP contribution in [0.5, 0.6) is 0 Å². The van der Waals surface area contributed by atoms with Gasteiger partial charge in [-0.1, -0.05) is 53.7 Å². The molecule has 10 heterocycles. The molecule has 95 heavy (non-hydrogen) atoms. The number of hydrogen-bond acceptors (Lipinski definition) is 16. The van der Waals surface area contributed by atoms with E-state index in [1.165, 1.54) is 42.7 Å². The zero-order chi connectivity index (χ0) is 68.4. The summed E-state index contributed by atoms with van der Waals surface area (Å²) in [5.41, 5.74) is 21.4. The van der Waals surface area contributed by atoms with Gasteiger partial charge < -0.3 is 48.4 Å². The number of H-pyrrole nitrogens is 4. The molecule has 0 unspecified atom stereocenters. The van der Waals surface area contributed by atoms with Crippen molar-refractivity contribution in [1.82, 2.24) is 39.9 Å². The minimum Gasteiger partial charge on any atom is -0.469 e. The average molecular weight is 1290 g/mol. The van der Waals surface area contributed by atoms with E-state index in [9.17, 15) is 28.8 Å². The van der Waals surface area contributed by atoms with Crippen molar-refractivity contribution in [3.8, 4) is 0 Å². The van der Waals surface area contributed by atoms with Crippen LogP contribution in [0.1, 0.15) is 206 Å². The summed E-state index contributed by atoms with van der Waals surface area (Å²) >= 11 is 0. The van der Waals surface area contributed by atoms with E-state index < -0.39 is 23.9 Å². The first-order valence-electron chi connectivity index (χ1n) is 32.7. The second-order valence-corrected chi connectivity index (χ2v) is 24.8. The first-order valence-corrected chi connectivity index (χ1v) is 32.7. The first-order chi connectivity index (χ1) is 45.6. The molecule has 0 spiro atoms. The molecule has 4 aliphatic rings. The highest BCUT2D eigenvalue weighted by Crippen LogP contribution is 2.47. The Morgan fingerprint density at radius 3 is 1.22 bits per heavy atom. The van der Waals surface area contributed by atoms with Crippen LogP contribution in [0.4, 0.5) is 0 Å². The number of aromatic amines is 4. The summed E-state index contributed by atoms with van der Waals surface area (Å²) in [6, 6.07) is 12.3. The minimum absolute atomic E-state index is 0.0960. The van der Waals surface area contributed by atoms with Crippen molar-refractivity contribution in [2.75, 3.05) is 42.7 Å². The third-order valence-electron chi connectivity index (χ3n) is 19.8. The normalized spacial score (nSPS) is 16.2. The maximum Gasteiger partial charge on any atom is 0.340 e. The van der Waals surface area contributed by atoms with E-state index in [0.29, 0.717) is 77.2 Å².